The molecule has 0 radical (unpaired) electrons. The van der Waals surface area contributed by atoms with E-state index >= 15 is 0 Å². The first kappa shape index (κ1) is 29.1. The normalized spacial score (nSPS) is 12.1. The molecule has 0 aliphatic heterocycles. The van der Waals surface area contributed by atoms with Crippen LogP contribution in [0.15, 0.2) is 0 Å². The summed E-state index contributed by atoms with van der Waals surface area (Å²) < 4.78 is 11.4. The van der Waals surface area contributed by atoms with Crippen LogP contribution in [-0.4, -0.2) is 25.4 Å². The summed E-state index contributed by atoms with van der Waals surface area (Å²) in [5.74, 6) is 0. The maximum atomic E-state index is 5.75. The fraction of sp³-hybridized carbons (Fsp3) is 1.00. The molecular formula is C25H54O2. The van der Waals surface area contributed by atoms with Crippen molar-refractivity contribution >= 4 is 0 Å². The van der Waals surface area contributed by atoms with Crippen LogP contribution in [0.5, 0.6) is 0 Å². The Morgan fingerprint density at radius 3 is 1.33 bits per heavy atom. The van der Waals surface area contributed by atoms with Crippen LogP contribution in [-0.2, 0) is 9.47 Å². The van der Waals surface area contributed by atoms with Crippen molar-refractivity contribution in [2.24, 2.45) is 0 Å². The van der Waals surface area contributed by atoms with Crippen LogP contribution in [0.3, 0.4) is 0 Å². The molecule has 0 aliphatic rings. The predicted octanol–water partition coefficient (Wildman–Crippen LogP) is 8.71. The third-order valence-corrected chi connectivity index (χ3v) is 4.82. The summed E-state index contributed by atoms with van der Waals surface area (Å²) in [5, 5.41) is 0. The average Bonchev–Trinajstić information content (AvgIpc) is 2.66. The fourth-order valence-corrected chi connectivity index (χ4v) is 3.04. The first-order valence-corrected chi connectivity index (χ1v) is 12.3. The van der Waals surface area contributed by atoms with Gasteiger partial charge in [-0.15, -0.1) is 0 Å². The minimum Gasteiger partial charge on any atom is -0.379 e. The molecule has 27 heavy (non-hydrogen) atoms. The quantitative estimate of drug-likeness (QED) is 0.207. The highest BCUT2D eigenvalue weighted by Crippen LogP contribution is 2.08. The Labute approximate surface area is 173 Å². The first-order chi connectivity index (χ1) is 13.1. The van der Waals surface area contributed by atoms with E-state index in [1.165, 1.54) is 89.9 Å². The van der Waals surface area contributed by atoms with Gasteiger partial charge in [-0.3, -0.25) is 0 Å². The molecule has 2 heteroatoms. The highest BCUT2D eigenvalue weighted by atomic mass is 16.5. The van der Waals surface area contributed by atoms with Gasteiger partial charge in [0.05, 0.1) is 18.8 Å². The van der Waals surface area contributed by atoms with E-state index in [0.29, 0.717) is 6.10 Å². The Morgan fingerprint density at radius 2 is 0.963 bits per heavy atom. The topological polar surface area (TPSA) is 18.5 Å². The summed E-state index contributed by atoms with van der Waals surface area (Å²) in [6, 6.07) is 0. The molecule has 1 atom stereocenters. The molecule has 0 rings (SSSR count). The molecule has 0 spiro atoms. The predicted molar refractivity (Wildman–Crippen MR) is 123 cm³/mol. The van der Waals surface area contributed by atoms with Gasteiger partial charge < -0.3 is 9.47 Å². The van der Waals surface area contributed by atoms with Crippen LogP contribution >= 0.6 is 0 Å². The summed E-state index contributed by atoms with van der Waals surface area (Å²) in [4.78, 5) is 0. The van der Waals surface area contributed by atoms with Gasteiger partial charge in [-0.25, -0.2) is 0 Å². The minimum absolute atomic E-state index is 0.273. The Balaban J connectivity index is 0. The summed E-state index contributed by atoms with van der Waals surface area (Å²) in [5.41, 5.74) is 0. The van der Waals surface area contributed by atoms with Crippen molar-refractivity contribution in [2.75, 3.05) is 13.2 Å². The summed E-state index contributed by atoms with van der Waals surface area (Å²) in [6.07, 6.45) is 21.0. The maximum Gasteiger partial charge on any atom is 0.0809 e. The molecule has 0 heterocycles. The SMILES string of the molecule is CCCCCCCCC.CCCCCCCCCOCC(CC)OC(C)C. The molecule has 0 saturated carbocycles. The second-order valence-electron chi connectivity index (χ2n) is 8.18. The third kappa shape index (κ3) is 28.2. The molecule has 0 amide bonds. The Kier molecular flexibility index (Phi) is 28.0. The van der Waals surface area contributed by atoms with Crippen molar-refractivity contribution in [3.05, 3.63) is 0 Å². The van der Waals surface area contributed by atoms with Crippen molar-refractivity contribution < 1.29 is 9.47 Å². The largest absolute Gasteiger partial charge is 0.379 e. The van der Waals surface area contributed by atoms with Crippen molar-refractivity contribution in [3.63, 3.8) is 0 Å². The van der Waals surface area contributed by atoms with E-state index < -0.39 is 0 Å². The molecule has 1 unspecified atom stereocenters. The lowest BCUT2D eigenvalue weighted by Crippen LogP contribution is -2.22. The van der Waals surface area contributed by atoms with E-state index in [0.717, 1.165) is 19.6 Å². The van der Waals surface area contributed by atoms with Crippen LogP contribution in [0.2, 0.25) is 0 Å². The van der Waals surface area contributed by atoms with Crippen LogP contribution < -0.4 is 0 Å². The van der Waals surface area contributed by atoms with E-state index in [4.69, 9.17) is 9.47 Å². The van der Waals surface area contributed by atoms with Crippen molar-refractivity contribution in [2.45, 2.75) is 150 Å². The number of rotatable bonds is 19. The van der Waals surface area contributed by atoms with Gasteiger partial charge in [-0.05, 0) is 26.7 Å². The van der Waals surface area contributed by atoms with E-state index in [1.807, 2.05) is 0 Å². The second-order valence-corrected chi connectivity index (χ2v) is 8.18. The Morgan fingerprint density at radius 1 is 0.556 bits per heavy atom. The molecule has 0 aromatic rings. The van der Waals surface area contributed by atoms with Gasteiger partial charge in [0.15, 0.2) is 0 Å². The highest BCUT2D eigenvalue weighted by molar-refractivity contribution is 4.55. The number of hydrogen-bond donors (Lipinski definition) is 0. The molecule has 0 fully saturated rings. The molecule has 166 valence electrons. The molecule has 0 bridgehead atoms. The maximum absolute atomic E-state index is 5.75. The number of unbranched alkanes of at least 4 members (excludes halogenated alkanes) is 12. The molecule has 2 nitrogen and oxygen atoms in total. The standard InChI is InChI=1S/C16H34O2.C9H20/c1-5-7-8-9-10-11-12-13-17-14-16(6-2)18-15(3)4;1-3-5-7-9-8-6-4-2/h15-16H,5-14H2,1-4H3;3-9H2,1-2H3. The van der Waals surface area contributed by atoms with Crippen molar-refractivity contribution in [1.29, 1.82) is 0 Å². The molecule has 0 aromatic heterocycles. The fourth-order valence-electron chi connectivity index (χ4n) is 3.04. The van der Waals surface area contributed by atoms with E-state index in [2.05, 4.69) is 41.5 Å². The smallest absolute Gasteiger partial charge is 0.0809 e. The van der Waals surface area contributed by atoms with Gasteiger partial charge in [0.1, 0.15) is 0 Å². The zero-order chi connectivity index (χ0) is 20.6. The molecule has 0 aromatic carbocycles. The monoisotopic (exact) mass is 386 g/mol. The molecule has 0 N–H and O–H groups in total. The van der Waals surface area contributed by atoms with E-state index in [-0.39, 0.29) is 6.10 Å². The summed E-state index contributed by atoms with van der Waals surface area (Å²) in [7, 11) is 0. The highest BCUT2D eigenvalue weighted by Gasteiger charge is 2.08. The van der Waals surface area contributed by atoms with Gasteiger partial charge >= 0.3 is 0 Å². The van der Waals surface area contributed by atoms with Gasteiger partial charge in [-0.1, -0.05) is 111 Å². The minimum atomic E-state index is 0.273. The first-order valence-electron chi connectivity index (χ1n) is 12.3. The van der Waals surface area contributed by atoms with Crippen LogP contribution in [0.4, 0.5) is 0 Å². The number of ether oxygens (including phenoxy) is 2. The van der Waals surface area contributed by atoms with E-state index in [9.17, 15) is 0 Å². The molecular weight excluding hydrogens is 332 g/mol. The van der Waals surface area contributed by atoms with Crippen LogP contribution in [0.1, 0.15) is 138 Å². The lowest BCUT2D eigenvalue weighted by Gasteiger charge is -2.18. The Hall–Kier alpha value is -0.0800. The summed E-state index contributed by atoms with van der Waals surface area (Å²) >= 11 is 0. The Bertz CT molecular complexity index is 234. The zero-order valence-electron chi connectivity index (χ0n) is 20.0. The van der Waals surface area contributed by atoms with Gasteiger partial charge in [-0.2, -0.15) is 0 Å². The molecule has 0 aliphatic carbocycles. The lowest BCUT2D eigenvalue weighted by atomic mass is 10.1. The number of hydrogen-bond acceptors (Lipinski definition) is 2. The average molecular weight is 387 g/mol. The second kappa shape index (κ2) is 25.9. The van der Waals surface area contributed by atoms with Crippen molar-refractivity contribution in [3.8, 4) is 0 Å². The van der Waals surface area contributed by atoms with Crippen LogP contribution in [0.25, 0.3) is 0 Å². The van der Waals surface area contributed by atoms with E-state index in [1.54, 1.807) is 0 Å². The summed E-state index contributed by atoms with van der Waals surface area (Å²) in [6.45, 7) is 14.8. The molecule has 0 saturated heterocycles. The van der Waals surface area contributed by atoms with Gasteiger partial charge in [0.2, 0.25) is 0 Å². The van der Waals surface area contributed by atoms with Crippen molar-refractivity contribution in [1.82, 2.24) is 0 Å². The van der Waals surface area contributed by atoms with Crippen LogP contribution in [0, 0.1) is 0 Å². The van der Waals surface area contributed by atoms with Gasteiger partial charge in [0.25, 0.3) is 0 Å². The lowest BCUT2D eigenvalue weighted by molar-refractivity contribution is -0.0462. The van der Waals surface area contributed by atoms with Gasteiger partial charge in [0, 0.05) is 6.61 Å². The third-order valence-electron chi connectivity index (χ3n) is 4.82. The zero-order valence-corrected chi connectivity index (χ0v) is 20.0.